The molecule has 0 atom stereocenters. The van der Waals surface area contributed by atoms with E-state index in [2.05, 4.69) is 73.4 Å². The van der Waals surface area contributed by atoms with Gasteiger partial charge in [0, 0.05) is 5.56 Å². The summed E-state index contributed by atoms with van der Waals surface area (Å²) in [7, 11) is 0. The molecule has 0 aliphatic rings. The minimum atomic E-state index is 0.931. The quantitative estimate of drug-likeness (QED) is 0.519. The van der Waals surface area contributed by atoms with Gasteiger partial charge in [-0.1, -0.05) is 36.4 Å². The lowest BCUT2D eigenvalue weighted by Gasteiger charge is -2.00. The number of aryl methyl sites for hydroxylation is 2. The van der Waals surface area contributed by atoms with Crippen LogP contribution >= 0.6 is 0 Å². The minimum absolute atomic E-state index is 0.931. The molecular weight excluding hydrogens is 256 g/mol. The number of imidazole rings is 1. The average molecular weight is 272 g/mol. The van der Waals surface area contributed by atoms with Crippen molar-refractivity contribution in [1.29, 1.82) is 0 Å². The molecule has 21 heavy (non-hydrogen) atoms. The first-order chi connectivity index (χ1) is 10.2. The summed E-state index contributed by atoms with van der Waals surface area (Å²) in [5, 5.41) is 2.49. The molecule has 0 amide bonds. The van der Waals surface area contributed by atoms with Gasteiger partial charge < -0.3 is 4.98 Å². The predicted molar refractivity (Wildman–Crippen MR) is 88.5 cm³/mol. The van der Waals surface area contributed by atoms with Crippen molar-refractivity contribution in [3.63, 3.8) is 0 Å². The third-order valence-corrected chi connectivity index (χ3v) is 4.12. The molecule has 2 nitrogen and oxygen atoms in total. The maximum Gasteiger partial charge on any atom is 0.138 e. The molecule has 4 aromatic rings. The van der Waals surface area contributed by atoms with Crippen molar-refractivity contribution < 1.29 is 0 Å². The molecule has 3 aromatic carbocycles. The molecule has 0 fully saturated rings. The Labute approximate surface area is 123 Å². The molecule has 1 aromatic heterocycles. The summed E-state index contributed by atoms with van der Waals surface area (Å²) in [5.41, 5.74) is 5.82. The van der Waals surface area contributed by atoms with Gasteiger partial charge in [0.15, 0.2) is 0 Å². The van der Waals surface area contributed by atoms with Gasteiger partial charge in [0.2, 0.25) is 0 Å². The number of aromatic amines is 1. The van der Waals surface area contributed by atoms with Crippen LogP contribution in [0.2, 0.25) is 0 Å². The highest BCUT2D eigenvalue weighted by atomic mass is 14.9. The van der Waals surface area contributed by atoms with E-state index in [9.17, 15) is 0 Å². The largest absolute Gasteiger partial charge is 0.338 e. The topological polar surface area (TPSA) is 28.7 Å². The van der Waals surface area contributed by atoms with Crippen LogP contribution in [0.15, 0.2) is 54.6 Å². The number of fused-ring (bicyclic) bond motifs is 2. The molecule has 2 heteroatoms. The molecule has 0 aliphatic heterocycles. The van der Waals surface area contributed by atoms with E-state index in [-0.39, 0.29) is 0 Å². The number of hydrogen-bond donors (Lipinski definition) is 1. The van der Waals surface area contributed by atoms with E-state index in [4.69, 9.17) is 4.98 Å². The number of H-pyrrole nitrogens is 1. The van der Waals surface area contributed by atoms with Gasteiger partial charge in [-0.15, -0.1) is 0 Å². The monoisotopic (exact) mass is 272 g/mol. The molecule has 0 bridgehead atoms. The van der Waals surface area contributed by atoms with Crippen molar-refractivity contribution in [1.82, 2.24) is 9.97 Å². The predicted octanol–water partition coefficient (Wildman–Crippen LogP) is 5.00. The standard InChI is InChI=1S/C19H16N2/c1-12-9-17-18(10-13(12)2)21-19(20-17)16-8-7-14-5-3-4-6-15(14)11-16/h3-11H,1-2H3,(H,20,21). The van der Waals surface area contributed by atoms with Gasteiger partial charge in [-0.3, -0.25) is 0 Å². The van der Waals surface area contributed by atoms with E-state index in [1.807, 2.05) is 0 Å². The van der Waals surface area contributed by atoms with Crippen LogP contribution in [-0.2, 0) is 0 Å². The van der Waals surface area contributed by atoms with Gasteiger partial charge in [0.05, 0.1) is 11.0 Å². The zero-order valence-electron chi connectivity index (χ0n) is 12.1. The Morgan fingerprint density at radius 1 is 0.810 bits per heavy atom. The number of benzene rings is 3. The van der Waals surface area contributed by atoms with Crippen LogP contribution in [0.4, 0.5) is 0 Å². The first-order valence-corrected chi connectivity index (χ1v) is 7.17. The Bertz CT molecular complexity index is 925. The van der Waals surface area contributed by atoms with Crippen molar-refractivity contribution >= 4 is 21.8 Å². The Balaban J connectivity index is 1.91. The Morgan fingerprint density at radius 3 is 2.43 bits per heavy atom. The van der Waals surface area contributed by atoms with Crippen LogP contribution < -0.4 is 0 Å². The lowest BCUT2D eigenvalue weighted by molar-refractivity contribution is 1.34. The third-order valence-electron chi connectivity index (χ3n) is 4.12. The van der Waals surface area contributed by atoms with Crippen molar-refractivity contribution in [3.05, 3.63) is 65.7 Å². The third kappa shape index (κ3) is 2.00. The van der Waals surface area contributed by atoms with Crippen LogP contribution in [-0.4, -0.2) is 9.97 Å². The van der Waals surface area contributed by atoms with E-state index in [1.54, 1.807) is 0 Å². The highest BCUT2D eigenvalue weighted by Crippen LogP contribution is 2.25. The van der Waals surface area contributed by atoms with Gasteiger partial charge in [-0.2, -0.15) is 0 Å². The Morgan fingerprint density at radius 2 is 1.57 bits per heavy atom. The van der Waals surface area contributed by atoms with E-state index >= 15 is 0 Å². The lowest BCUT2D eigenvalue weighted by atomic mass is 10.1. The average Bonchev–Trinajstić information content (AvgIpc) is 2.90. The maximum atomic E-state index is 4.74. The summed E-state index contributed by atoms with van der Waals surface area (Å²) in [6.45, 7) is 4.25. The molecule has 102 valence electrons. The number of aromatic nitrogens is 2. The van der Waals surface area contributed by atoms with E-state index in [0.29, 0.717) is 0 Å². The van der Waals surface area contributed by atoms with Gasteiger partial charge in [-0.05, 0) is 53.9 Å². The minimum Gasteiger partial charge on any atom is -0.338 e. The van der Waals surface area contributed by atoms with Crippen molar-refractivity contribution in [3.8, 4) is 11.4 Å². The molecule has 0 spiro atoms. The molecule has 0 unspecified atom stereocenters. The molecule has 0 saturated carbocycles. The van der Waals surface area contributed by atoms with Crippen LogP contribution in [0.1, 0.15) is 11.1 Å². The summed E-state index contributed by atoms with van der Waals surface area (Å²) < 4.78 is 0. The van der Waals surface area contributed by atoms with Crippen molar-refractivity contribution in [2.45, 2.75) is 13.8 Å². The van der Waals surface area contributed by atoms with Gasteiger partial charge in [0.25, 0.3) is 0 Å². The highest BCUT2D eigenvalue weighted by molar-refractivity contribution is 5.88. The second kappa shape index (κ2) is 4.45. The van der Waals surface area contributed by atoms with Crippen molar-refractivity contribution in [2.24, 2.45) is 0 Å². The van der Waals surface area contributed by atoms with Crippen LogP contribution in [0.5, 0.6) is 0 Å². The highest BCUT2D eigenvalue weighted by Gasteiger charge is 2.07. The fourth-order valence-electron chi connectivity index (χ4n) is 2.74. The van der Waals surface area contributed by atoms with Crippen LogP contribution in [0, 0.1) is 13.8 Å². The SMILES string of the molecule is Cc1cc2nc(-c3ccc4ccccc4c3)[nH]c2cc1C. The molecule has 0 saturated heterocycles. The first-order valence-electron chi connectivity index (χ1n) is 7.17. The Hall–Kier alpha value is -2.61. The zero-order chi connectivity index (χ0) is 14.4. The summed E-state index contributed by atoms with van der Waals surface area (Å²) in [5.74, 6) is 0.931. The summed E-state index contributed by atoms with van der Waals surface area (Å²) >= 11 is 0. The first kappa shape index (κ1) is 12.2. The molecule has 1 heterocycles. The van der Waals surface area contributed by atoms with Gasteiger partial charge in [0.1, 0.15) is 5.82 Å². The second-order valence-corrected chi connectivity index (χ2v) is 5.60. The van der Waals surface area contributed by atoms with E-state index in [1.165, 1.54) is 21.9 Å². The van der Waals surface area contributed by atoms with Crippen LogP contribution in [0.25, 0.3) is 33.2 Å². The number of rotatable bonds is 1. The summed E-state index contributed by atoms with van der Waals surface area (Å²) in [6.07, 6.45) is 0. The number of nitrogens with zero attached hydrogens (tertiary/aromatic N) is 1. The normalized spacial score (nSPS) is 11.3. The lowest BCUT2D eigenvalue weighted by Crippen LogP contribution is -1.80. The summed E-state index contributed by atoms with van der Waals surface area (Å²) in [4.78, 5) is 8.17. The molecular formula is C19H16N2. The van der Waals surface area contributed by atoms with E-state index < -0.39 is 0 Å². The molecule has 0 radical (unpaired) electrons. The maximum absolute atomic E-state index is 4.74. The molecule has 0 aliphatic carbocycles. The fourth-order valence-corrected chi connectivity index (χ4v) is 2.74. The number of hydrogen-bond acceptors (Lipinski definition) is 1. The summed E-state index contributed by atoms with van der Waals surface area (Å²) in [6, 6.07) is 19.2. The zero-order valence-corrected chi connectivity index (χ0v) is 12.1. The van der Waals surface area contributed by atoms with Gasteiger partial charge >= 0.3 is 0 Å². The fraction of sp³-hybridized carbons (Fsp3) is 0.105. The van der Waals surface area contributed by atoms with E-state index in [0.717, 1.165) is 22.4 Å². The van der Waals surface area contributed by atoms with Crippen LogP contribution in [0.3, 0.4) is 0 Å². The van der Waals surface area contributed by atoms with Gasteiger partial charge in [-0.25, -0.2) is 4.98 Å². The number of nitrogens with one attached hydrogen (secondary N) is 1. The molecule has 1 N–H and O–H groups in total. The van der Waals surface area contributed by atoms with Crippen molar-refractivity contribution in [2.75, 3.05) is 0 Å². The smallest absolute Gasteiger partial charge is 0.138 e. The molecule has 4 rings (SSSR count). The Kier molecular flexibility index (Phi) is 2.58. The second-order valence-electron chi connectivity index (χ2n) is 5.60.